The zero-order valence-electron chi connectivity index (χ0n) is 11.7. The Labute approximate surface area is 110 Å². The fourth-order valence-corrected chi connectivity index (χ4v) is 3.29. The van der Waals surface area contributed by atoms with Crippen molar-refractivity contribution in [2.24, 2.45) is 11.8 Å². The maximum absolute atomic E-state index is 13.2. The average Bonchev–Trinajstić information content (AvgIpc) is 2.73. The molecular formula is C16H24FN. The maximum atomic E-state index is 13.2. The van der Waals surface area contributed by atoms with Crippen LogP contribution < -0.4 is 5.32 Å². The third-order valence-corrected chi connectivity index (χ3v) is 4.20. The molecular weight excluding hydrogens is 225 g/mol. The maximum Gasteiger partial charge on any atom is 0.123 e. The number of rotatable bonds is 4. The molecule has 0 aliphatic heterocycles. The van der Waals surface area contributed by atoms with E-state index in [1.165, 1.54) is 24.8 Å². The number of hydrogen-bond donors (Lipinski definition) is 1. The zero-order chi connectivity index (χ0) is 13.1. The predicted molar refractivity (Wildman–Crippen MR) is 74.1 cm³/mol. The molecule has 0 aromatic heterocycles. The molecule has 3 unspecified atom stereocenters. The van der Waals surface area contributed by atoms with Gasteiger partial charge in [-0.2, -0.15) is 0 Å². The van der Waals surface area contributed by atoms with E-state index in [2.05, 4.69) is 19.2 Å². The zero-order valence-corrected chi connectivity index (χ0v) is 11.7. The number of hydrogen-bond acceptors (Lipinski definition) is 1. The Morgan fingerprint density at radius 2 is 2.17 bits per heavy atom. The monoisotopic (exact) mass is 249 g/mol. The predicted octanol–water partition coefficient (Wildman–Crippen LogP) is 4.22. The highest BCUT2D eigenvalue weighted by Gasteiger charge is 2.29. The third-order valence-electron chi connectivity index (χ3n) is 4.20. The molecule has 2 rings (SSSR count). The molecule has 18 heavy (non-hydrogen) atoms. The van der Waals surface area contributed by atoms with Gasteiger partial charge in [0.25, 0.3) is 0 Å². The summed E-state index contributed by atoms with van der Waals surface area (Å²) in [5.74, 6) is 1.40. The lowest BCUT2D eigenvalue weighted by molar-refractivity contribution is 0.363. The smallest absolute Gasteiger partial charge is 0.123 e. The SMILES string of the molecule is CCNC(c1ccc(F)cc1C)C1CCC(C)C1. The van der Waals surface area contributed by atoms with Crippen molar-refractivity contribution in [3.05, 3.63) is 35.1 Å². The molecule has 100 valence electrons. The number of benzene rings is 1. The van der Waals surface area contributed by atoms with Crippen LogP contribution in [0.2, 0.25) is 0 Å². The summed E-state index contributed by atoms with van der Waals surface area (Å²) in [5.41, 5.74) is 2.35. The van der Waals surface area contributed by atoms with Crippen molar-refractivity contribution in [1.29, 1.82) is 0 Å². The molecule has 0 radical (unpaired) electrons. The Morgan fingerprint density at radius 1 is 1.39 bits per heavy atom. The Morgan fingerprint density at radius 3 is 2.72 bits per heavy atom. The minimum atomic E-state index is -0.133. The van der Waals surface area contributed by atoms with Crippen LogP contribution in [0.25, 0.3) is 0 Å². The molecule has 1 saturated carbocycles. The minimum absolute atomic E-state index is 0.133. The van der Waals surface area contributed by atoms with Gasteiger partial charge in [-0.1, -0.05) is 26.3 Å². The van der Waals surface area contributed by atoms with Crippen molar-refractivity contribution in [3.63, 3.8) is 0 Å². The molecule has 1 aromatic carbocycles. The van der Waals surface area contributed by atoms with Crippen LogP contribution in [0, 0.1) is 24.6 Å². The fourth-order valence-electron chi connectivity index (χ4n) is 3.29. The van der Waals surface area contributed by atoms with Crippen LogP contribution in [0.5, 0.6) is 0 Å². The standard InChI is InChI=1S/C16H24FN/c1-4-18-16(13-6-5-11(2)9-13)15-8-7-14(17)10-12(15)3/h7-8,10-11,13,16,18H,4-6,9H2,1-3H3. The molecule has 1 aromatic rings. The highest BCUT2D eigenvalue weighted by molar-refractivity contribution is 5.30. The summed E-state index contributed by atoms with van der Waals surface area (Å²) >= 11 is 0. The van der Waals surface area contributed by atoms with E-state index in [4.69, 9.17) is 0 Å². The van der Waals surface area contributed by atoms with E-state index in [1.807, 2.05) is 13.0 Å². The number of halogens is 1. The summed E-state index contributed by atoms with van der Waals surface area (Å²) in [4.78, 5) is 0. The average molecular weight is 249 g/mol. The summed E-state index contributed by atoms with van der Waals surface area (Å²) in [6.07, 6.45) is 3.90. The van der Waals surface area contributed by atoms with Crippen LogP contribution in [-0.2, 0) is 0 Å². The van der Waals surface area contributed by atoms with Crippen molar-refractivity contribution in [2.45, 2.75) is 46.1 Å². The molecule has 0 amide bonds. The van der Waals surface area contributed by atoms with Crippen molar-refractivity contribution in [3.8, 4) is 0 Å². The number of aryl methyl sites for hydroxylation is 1. The topological polar surface area (TPSA) is 12.0 Å². The van der Waals surface area contributed by atoms with Crippen LogP contribution in [-0.4, -0.2) is 6.54 Å². The second-order valence-corrected chi connectivity index (χ2v) is 5.71. The first kappa shape index (κ1) is 13.5. The molecule has 1 aliphatic carbocycles. The van der Waals surface area contributed by atoms with Crippen molar-refractivity contribution >= 4 is 0 Å². The van der Waals surface area contributed by atoms with Gasteiger partial charge in [-0.05, 0) is 61.4 Å². The second kappa shape index (κ2) is 5.83. The van der Waals surface area contributed by atoms with Gasteiger partial charge in [-0.15, -0.1) is 0 Å². The number of nitrogens with one attached hydrogen (secondary N) is 1. The van der Waals surface area contributed by atoms with E-state index in [-0.39, 0.29) is 5.82 Å². The van der Waals surface area contributed by atoms with Crippen LogP contribution >= 0.6 is 0 Å². The third kappa shape index (κ3) is 2.92. The largest absolute Gasteiger partial charge is 0.310 e. The highest BCUT2D eigenvalue weighted by atomic mass is 19.1. The molecule has 1 nitrogen and oxygen atoms in total. The van der Waals surface area contributed by atoms with Gasteiger partial charge in [0.05, 0.1) is 0 Å². The molecule has 3 atom stereocenters. The lowest BCUT2D eigenvalue weighted by Crippen LogP contribution is -2.27. The van der Waals surface area contributed by atoms with Gasteiger partial charge in [0.2, 0.25) is 0 Å². The fraction of sp³-hybridized carbons (Fsp3) is 0.625. The summed E-state index contributed by atoms with van der Waals surface area (Å²) < 4.78 is 13.2. The summed E-state index contributed by atoms with van der Waals surface area (Å²) in [6, 6.07) is 5.59. The van der Waals surface area contributed by atoms with Gasteiger partial charge < -0.3 is 5.32 Å². The Bertz CT molecular complexity index is 402. The Hall–Kier alpha value is -0.890. The Balaban J connectivity index is 2.23. The van der Waals surface area contributed by atoms with E-state index >= 15 is 0 Å². The first-order valence-corrected chi connectivity index (χ1v) is 7.11. The molecule has 1 N–H and O–H groups in total. The normalized spacial score (nSPS) is 25.3. The quantitative estimate of drug-likeness (QED) is 0.842. The van der Waals surface area contributed by atoms with Crippen LogP contribution in [0.1, 0.15) is 50.3 Å². The molecule has 0 saturated heterocycles. The molecule has 0 heterocycles. The van der Waals surface area contributed by atoms with E-state index in [9.17, 15) is 4.39 Å². The van der Waals surface area contributed by atoms with Crippen LogP contribution in [0.3, 0.4) is 0 Å². The Kier molecular flexibility index (Phi) is 4.39. The lowest BCUT2D eigenvalue weighted by Gasteiger charge is -2.26. The molecule has 2 heteroatoms. The van der Waals surface area contributed by atoms with E-state index in [0.717, 1.165) is 18.0 Å². The van der Waals surface area contributed by atoms with Crippen molar-refractivity contribution in [1.82, 2.24) is 5.32 Å². The van der Waals surface area contributed by atoms with E-state index in [1.54, 1.807) is 12.1 Å². The summed E-state index contributed by atoms with van der Waals surface area (Å²) in [7, 11) is 0. The molecule has 1 fully saturated rings. The van der Waals surface area contributed by atoms with Crippen molar-refractivity contribution < 1.29 is 4.39 Å². The first-order valence-electron chi connectivity index (χ1n) is 7.11. The van der Waals surface area contributed by atoms with E-state index in [0.29, 0.717) is 12.0 Å². The lowest BCUT2D eigenvalue weighted by atomic mass is 9.88. The second-order valence-electron chi connectivity index (χ2n) is 5.71. The van der Waals surface area contributed by atoms with E-state index < -0.39 is 0 Å². The van der Waals surface area contributed by atoms with Crippen molar-refractivity contribution in [2.75, 3.05) is 6.54 Å². The first-order chi connectivity index (χ1) is 8.61. The van der Waals surface area contributed by atoms with Crippen LogP contribution in [0.4, 0.5) is 4.39 Å². The highest BCUT2D eigenvalue weighted by Crippen LogP contribution is 2.39. The summed E-state index contributed by atoms with van der Waals surface area (Å²) in [5, 5.41) is 3.60. The molecule has 1 aliphatic rings. The van der Waals surface area contributed by atoms with Gasteiger partial charge in [-0.25, -0.2) is 4.39 Å². The van der Waals surface area contributed by atoms with Gasteiger partial charge in [0.15, 0.2) is 0 Å². The van der Waals surface area contributed by atoms with Gasteiger partial charge in [-0.3, -0.25) is 0 Å². The minimum Gasteiger partial charge on any atom is -0.310 e. The molecule has 0 spiro atoms. The van der Waals surface area contributed by atoms with Gasteiger partial charge >= 0.3 is 0 Å². The summed E-state index contributed by atoms with van der Waals surface area (Å²) in [6.45, 7) is 7.46. The van der Waals surface area contributed by atoms with Gasteiger partial charge in [0.1, 0.15) is 5.82 Å². The van der Waals surface area contributed by atoms with Gasteiger partial charge in [0, 0.05) is 6.04 Å². The van der Waals surface area contributed by atoms with Crippen LogP contribution in [0.15, 0.2) is 18.2 Å². The molecule has 0 bridgehead atoms.